The van der Waals surface area contributed by atoms with E-state index >= 15 is 0 Å². The number of anilines is 1. The molecule has 1 aromatic carbocycles. The molecule has 0 fully saturated rings. The van der Waals surface area contributed by atoms with Crippen LogP contribution in [0.25, 0.3) is 11.3 Å². The predicted octanol–water partition coefficient (Wildman–Crippen LogP) is 5.50. The number of hydrogen-bond donors (Lipinski definition) is 1. The van der Waals surface area contributed by atoms with Crippen molar-refractivity contribution in [3.05, 3.63) is 55.5 Å². The average Bonchev–Trinajstić information content (AvgIpc) is 3.11. The Morgan fingerprint density at radius 2 is 2.00 bits per heavy atom. The van der Waals surface area contributed by atoms with Gasteiger partial charge in [0, 0.05) is 10.9 Å². The van der Waals surface area contributed by atoms with Crippen LogP contribution in [0.15, 0.2) is 39.5 Å². The summed E-state index contributed by atoms with van der Waals surface area (Å²) in [6, 6.07) is 9.92. The summed E-state index contributed by atoms with van der Waals surface area (Å²) in [4.78, 5) is 17.3. The molecule has 1 N–H and O–H groups in total. The normalized spacial score (nSPS) is 10.7. The number of aromatic nitrogens is 1. The van der Waals surface area contributed by atoms with Crippen LogP contribution in [0.5, 0.6) is 0 Å². The van der Waals surface area contributed by atoms with E-state index in [0.717, 1.165) is 15.0 Å². The highest BCUT2D eigenvalue weighted by Crippen LogP contribution is 2.28. The van der Waals surface area contributed by atoms with Crippen LogP contribution in [-0.4, -0.2) is 10.9 Å². The number of carbonyl (C=O) groups excluding carboxylic acids is 1. The number of thiophene rings is 1. The lowest BCUT2D eigenvalue weighted by Gasteiger charge is -2.02. The molecule has 3 nitrogen and oxygen atoms in total. The molecule has 112 valence electrons. The number of aryl methyl sites for hydroxylation is 2. The average molecular weight is 393 g/mol. The van der Waals surface area contributed by atoms with E-state index in [9.17, 15) is 4.79 Å². The zero-order valence-electron chi connectivity index (χ0n) is 12.0. The lowest BCUT2D eigenvalue weighted by atomic mass is 10.1. The lowest BCUT2D eigenvalue weighted by Crippen LogP contribution is -2.09. The van der Waals surface area contributed by atoms with E-state index in [4.69, 9.17) is 0 Å². The Bertz CT molecular complexity index is 838. The number of hydrogen-bond acceptors (Lipinski definition) is 4. The van der Waals surface area contributed by atoms with Gasteiger partial charge in [0.15, 0.2) is 5.13 Å². The molecular weight excluding hydrogens is 380 g/mol. The van der Waals surface area contributed by atoms with Crippen molar-refractivity contribution in [3.63, 3.8) is 0 Å². The fourth-order valence-electron chi connectivity index (χ4n) is 1.96. The van der Waals surface area contributed by atoms with E-state index in [2.05, 4.69) is 58.3 Å². The van der Waals surface area contributed by atoms with E-state index < -0.39 is 0 Å². The van der Waals surface area contributed by atoms with Crippen LogP contribution in [0.3, 0.4) is 0 Å². The molecule has 0 unspecified atom stereocenters. The van der Waals surface area contributed by atoms with Crippen LogP contribution in [0.4, 0.5) is 5.13 Å². The van der Waals surface area contributed by atoms with Gasteiger partial charge in [-0.15, -0.1) is 22.7 Å². The summed E-state index contributed by atoms with van der Waals surface area (Å²) in [5, 5.41) is 5.42. The van der Waals surface area contributed by atoms with Crippen LogP contribution in [0.2, 0.25) is 0 Å². The number of nitrogens with zero attached hydrogens (tertiary/aromatic N) is 1. The molecule has 22 heavy (non-hydrogen) atoms. The van der Waals surface area contributed by atoms with Crippen LogP contribution < -0.4 is 5.32 Å². The van der Waals surface area contributed by atoms with E-state index in [1.54, 1.807) is 6.07 Å². The summed E-state index contributed by atoms with van der Waals surface area (Å²) in [7, 11) is 0. The Morgan fingerprint density at radius 1 is 1.18 bits per heavy atom. The van der Waals surface area contributed by atoms with Gasteiger partial charge in [-0.2, -0.15) is 0 Å². The third-order valence-electron chi connectivity index (χ3n) is 3.32. The molecule has 0 saturated heterocycles. The number of carbonyl (C=O) groups is 1. The first-order chi connectivity index (χ1) is 10.5. The zero-order chi connectivity index (χ0) is 15.7. The maximum atomic E-state index is 12.1. The summed E-state index contributed by atoms with van der Waals surface area (Å²) in [6.45, 7) is 4.17. The predicted molar refractivity (Wildman–Crippen MR) is 97.0 cm³/mol. The molecule has 3 aromatic rings. The minimum atomic E-state index is -0.128. The van der Waals surface area contributed by atoms with E-state index in [-0.39, 0.29) is 5.91 Å². The van der Waals surface area contributed by atoms with Gasteiger partial charge in [0.1, 0.15) is 0 Å². The monoisotopic (exact) mass is 392 g/mol. The second kappa shape index (κ2) is 6.32. The molecule has 0 bridgehead atoms. The maximum Gasteiger partial charge on any atom is 0.267 e. The SMILES string of the molecule is Cc1ccc(-c2csc(NC(=O)c3ccc(Br)s3)n2)cc1C. The van der Waals surface area contributed by atoms with Gasteiger partial charge in [-0.05, 0) is 59.1 Å². The third-order valence-corrected chi connectivity index (χ3v) is 5.70. The Hall–Kier alpha value is -1.50. The topological polar surface area (TPSA) is 42.0 Å². The summed E-state index contributed by atoms with van der Waals surface area (Å²) in [6.07, 6.45) is 0. The van der Waals surface area contributed by atoms with Crippen molar-refractivity contribution in [3.8, 4) is 11.3 Å². The second-order valence-corrected chi connectivity index (χ2v) is 8.22. The van der Waals surface area contributed by atoms with Gasteiger partial charge < -0.3 is 0 Å². The first-order valence-corrected chi connectivity index (χ1v) is 9.11. The fraction of sp³-hybridized carbons (Fsp3) is 0.125. The van der Waals surface area contributed by atoms with Crippen LogP contribution >= 0.6 is 38.6 Å². The minimum Gasteiger partial charge on any atom is -0.297 e. The van der Waals surface area contributed by atoms with Gasteiger partial charge in [-0.1, -0.05) is 12.1 Å². The molecular formula is C16H13BrN2OS2. The Kier molecular flexibility index (Phi) is 4.42. The Morgan fingerprint density at radius 3 is 2.68 bits per heavy atom. The van der Waals surface area contributed by atoms with Crippen molar-refractivity contribution >= 4 is 49.6 Å². The highest BCUT2D eigenvalue weighted by atomic mass is 79.9. The molecule has 1 amide bonds. The van der Waals surface area contributed by atoms with Gasteiger partial charge >= 0.3 is 0 Å². The maximum absolute atomic E-state index is 12.1. The molecule has 6 heteroatoms. The van der Waals surface area contributed by atoms with Gasteiger partial charge in [0.25, 0.3) is 5.91 Å². The molecule has 2 heterocycles. The van der Waals surface area contributed by atoms with Crippen molar-refractivity contribution in [2.75, 3.05) is 5.32 Å². The molecule has 0 aliphatic carbocycles. The summed E-state index contributed by atoms with van der Waals surface area (Å²) in [5.41, 5.74) is 4.45. The van der Waals surface area contributed by atoms with Gasteiger partial charge in [0.2, 0.25) is 0 Å². The molecule has 0 aliphatic heterocycles. The van der Waals surface area contributed by atoms with Crippen LogP contribution in [0.1, 0.15) is 20.8 Å². The van der Waals surface area contributed by atoms with E-state index in [1.165, 1.54) is 33.8 Å². The highest BCUT2D eigenvalue weighted by molar-refractivity contribution is 9.11. The molecule has 2 aromatic heterocycles. The van der Waals surface area contributed by atoms with Gasteiger partial charge in [-0.3, -0.25) is 10.1 Å². The van der Waals surface area contributed by atoms with E-state index in [1.807, 2.05) is 11.4 Å². The van der Waals surface area contributed by atoms with Crippen molar-refractivity contribution in [2.45, 2.75) is 13.8 Å². The molecule has 0 aliphatic rings. The molecule has 3 rings (SSSR count). The summed E-state index contributed by atoms with van der Waals surface area (Å²) in [5.74, 6) is -0.128. The van der Waals surface area contributed by atoms with Crippen LogP contribution in [-0.2, 0) is 0 Å². The number of amides is 1. The third kappa shape index (κ3) is 3.29. The molecule has 0 saturated carbocycles. The smallest absolute Gasteiger partial charge is 0.267 e. The van der Waals surface area contributed by atoms with E-state index in [0.29, 0.717) is 10.0 Å². The minimum absolute atomic E-state index is 0.128. The van der Waals surface area contributed by atoms with Crippen molar-refractivity contribution in [1.82, 2.24) is 4.98 Å². The first-order valence-electron chi connectivity index (χ1n) is 6.63. The van der Waals surface area contributed by atoms with Crippen molar-refractivity contribution in [2.24, 2.45) is 0 Å². The molecule has 0 spiro atoms. The standard InChI is InChI=1S/C16H13BrN2OS2/c1-9-3-4-11(7-10(9)2)12-8-21-16(18-12)19-15(20)13-5-6-14(17)22-13/h3-8H,1-2H3,(H,18,19,20). The summed E-state index contributed by atoms with van der Waals surface area (Å²) < 4.78 is 0.938. The first kappa shape index (κ1) is 15.4. The fourth-order valence-corrected chi connectivity index (χ4v) is 3.96. The van der Waals surface area contributed by atoms with Crippen molar-refractivity contribution in [1.29, 1.82) is 0 Å². The Labute approximate surface area is 145 Å². The van der Waals surface area contributed by atoms with Crippen molar-refractivity contribution < 1.29 is 4.79 Å². The number of thiazole rings is 1. The number of benzene rings is 1. The summed E-state index contributed by atoms with van der Waals surface area (Å²) >= 11 is 6.20. The molecule has 0 radical (unpaired) electrons. The second-order valence-electron chi connectivity index (χ2n) is 4.89. The van der Waals surface area contributed by atoms with Gasteiger partial charge in [-0.25, -0.2) is 4.98 Å². The number of nitrogens with one attached hydrogen (secondary N) is 1. The Balaban J connectivity index is 1.78. The lowest BCUT2D eigenvalue weighted by molar-refractivity contribution is 0.103. The van der Waals surface area contributed by atoms with Crippen LogP contribution in [0, 0.1) is 13.8 Å². The van der Waals surface area contributed by atoms with Gasteiger partial charge in [0.05, 0.1) is 14.4 Å². The highest BCUT2D eigenvalue weighted by Gasteiger charge is 2.12. The largest absolute Gasteiger partial charge is 0.297 e. The molecule has 0 atom stereocenters. The zero-order valence-corrected chi connectivity index (χ0v) is 15.2. The number of rotatable bonds is 3. The quantitative estimate of drug-likeness (QED) is 0.638. The number of halogens is 1.